The number of ketones is 1. The second-order valence-electron chi connectivity index (χ2n) is 7.08. The third kappa shape index (κ3) is 5.25. The van der Waals surface area contributed by atoms with Gasteiger partial charge < -0.3 is 14.6 Å². The van der Waals surface area contributed by atoms with Gasteiger partial charge in [0, 0.05) is 17.9 Å². The number of benzene rings is 2. The number of rotatable bonds is 9. The van der Waals surface area contributed by atoms with Gasteiger partial charge in [-0.05, 0) is 37.1 Å². The fourth-order valence-electron chi connectivity index (χ4n) is 3.32. The van der Waals surface area contributed by atoms with Crippen LogP contribution >= 0.6 is 11.8 Å². The van der Waals surface area contributed by atoms with Crippen molar-refractivity contribution in [3.63, 3.8) is 0 Å². The average Bonchev–Trinajstić information content (AvgIpc) is 3.43. The Morgan fingerprint density at radius 2 is 1.97 bits per heavy atom. The standard InChI is InChI=1S/C22H23FN4O2S/c23-17-8-10-18(11-9-17)24-13-21-25-26-22(27(21)14-19-7-4-12-29-19)30-15-20(28)16-5-2-1-3-6-16/h1-3,5-6,8-11,19,24H,4,7,12-15H2. The summed E-state index contributed by atoms with van der Waals surface area (Å²) in [6.45, 7) is 1.86. The largest absolute Gasteiger partial charge is 0.378 e. The topological polar surface area (TPSA) is 69.0 Å². The summed E-state index contributed by atoms with van der Waals surface area (Å²) in [5, 5.41) is 12.6. The lowest BCUT2D eigenvalue weighted by Crippen LogP contribution is -2.19. The van der Waals surface area contributed by atoms with Crippen LogP contribution in [0, 0.1) is 5.82 Å². The Kier molecular flexibility index (Phi) is 6.76. The minimum Gasteiger partial charge on any atom is -0.378 e. The second-order valence-corrected chi connectivity index (χ2v) is 8.03. The van der Waals surface area contributed by atoms with Crippen LogP contribution in [0.1, 0.15) is 29.0 Å². The quantitative estimate of drug-likeness (QED) is 0.409. The van der Waals surface area contributed by atoms with Gasteiger partial charge in [-0.1, -0.05) is 42.1 Å². The fraction of sp³-hybridized carbons (Fsp3) is 0.318. The first kappa shape index (κ1) is 20.6. The van der Waals surface area contributed by atoms with Crippen molar-refractivity contribution in [3.05, 3.63) is 71.8 Å². The lowest BCUT2D eigenvalue weighted by atomic mass is 10.2. The van der Waals surface area contributed by atoms with Crippen molar-refractivity contribution < 1.29 is 13.9 Å². The molecule has 0 saturated carbocycles. The van der Waals surface area contributed by atoms with Crippen molar-refractivity contribution >= 4 is 23.2 Å². The third-order valence-corrected chi connectivity index (χ3v) is 5.89. The molecule has 2 aromatic carbocycles. The lowest BCUT2D eigenvalue weighted by molar-refractivity contribution is 0.0942. The van der Waals surface area contributed by atoms with E-state index in [4.69, 9.17) is 4.74 Å². The van der Waals surface area contributed by atoms with Gasteiger partial charge in [-0.3, -0.25) is 4.79 Å². The number of thioether (sulfide) groups is 1. The van der Waals surface area contributed by atoms with E-state index in [1.165, 1.54) is 23.9 Å². The van der Waals surface area contributed by atoms with Gasteiger partial charge in [0.15, 0.2) is 16.8 Å². The summed E-state index contributed by atoms with van der Waals surface area (Å²) < 4.78 is 20.9. The highest BCUT2D eigenvalue weighted by Crippen LogP contribution is 2.23. The predicted molar refractivity (Wildman–Crippen MR) is 114 cm³/mol. The van der Waals surface area contributed by atoms with E-state index in [-0.39, 0.29) is 17.7 Å². The highest BCUT2D eigenvalue weighted by molar-refractivity contribution is 7.99. The van der Waals surface area contributed by atoms with Gasteiger partial charge in [-0.15, -0.1) is 10.2 Å². The zero-order valence-corrected chi connectivity index (χ0v) is 17.3. The maximum atomic E-state index is 13.1. The molecule has 0 bridgehead atoms. The molecule has 1 N–H and O–H groups in total. The monoisotopic (exact) mass is 426 g/mol. The first-order chi connectivity index (χ1) is 14.7. The van der Waals surface area contributed by atoms with Gasteiger partial charge in [0.25, 0.3) is 0 Å². The summed E-state index contributed by atoms with van der Waals surface area (Å²) in [6, 6.07) is 15.4. The summed E-state index contributed by atoms with van der Waals surface area (Å²) >= 11 is 1.38. The van der Waals surface area contributed by atoms with E-state index in [0.717, 1.165) is 31.0 Å². The first-order valence-corrected chi connectivity index (χ1v) is 10.9. The van der Waals surface area contributed by atoms with Crippen LogP contribution in [0.3, 0.4) is 0 Å². The van der Waals surface area contributed by atoms with Gasteiger partial charge in [0.2, 0.25) is 0 Å². The molecule has 0 spiro atoms. The number of Topliss-reactive ketones (excluding diaryl/α,β-unsaturated/α-hetero) is 1. The molecule has 1 atom stereocenters. The van der Waals surface area contributed by atoms with Crippen LogP contribution < -0.4 is 5.32 Å². The van der Waals surface area contributed by atoms with Gasteiger partial charge >= 0.3 is 0 Å². The minimum atomic E-state index is -0.274. The first-order valence-electron chi connectivity index (χ1n) is 9.93. The number of hydrogen-bond donors (Lipinski definition) is 1. The molecule has 2 heterocycles. The van der Waals surface area contributed by atoms with Crippen molar-refractivity contribution in [1.29, 1.82) is 0 Å². The van der Waals surface area contributed by atoms with E-state index in [1.807, 2.05) is 34.9 Å². The molecule has 1 aliphatic rings. The van der Waals surface area contributed by atoms with Crippen molar-refractivity contribution in [3.8, 4) is 0 Å². The fourth-order valence-corrected chi connectivity index (χ4v) is 4.18. The molecule has 6 nitrogen and oxygen atoms in total. The Morgan fingerprint density at radius 3 is 2.70 bits per heavy atom. The molecule has 8 heteroatoms. The second kappa shape index (κ2) is 9.86. The van der Waals surface area contributed by atoms with Crippen LogP contribution in [-0.2, 0) is 17.8 Å². The highest BCUT2D eigenvalue weighted by atomic mass is 32.2. The normalized spacial score (nSPS) is 16.0. The number of anilines is 1. The van der Waals surface area contributed by atoms with Crippen LogP contribution in [0.2, 0.25) is 0 Å². The summed E-state index contributed by atoms with van der Waals surface area (Å²) in [5.41, 5.74) is 1.49. The number of nitrogens with one attached hydrogen (secondary N) is 1. The minimum absolute atomic E-state index is 0.0539. The molecule has 1 saturated heterocycles. The summed E-state index contributed by atoms with van der Waals surface area (Å²) in [7, 11) is 0. The number of halogens is 1. The van der Waals surface area contributed by atoms with Crippen molar-refractivity contribution in [2.24, 2.45) is 0 Å². The number of carbonyl (C=O) groups excluding carboxylic acids is 1. The van der Waals surface area contributed by atoms with E-state index in [1.54, 1.807) is 12.1 Å². The molecule has 1 fully saturated rings. The molecule has 4 rings (SSSR count). The lowest BCUT2D eigenvalue weighted by Gasteiger charge is -2.15. The number of ether oxygens (including phenoxy) is 1. The van der Waals surface area contributed by atoms with E-state index in [9.17, 15) is 9.18 Å². The molecular weight excluding hydrogens is 403 g/mol. The summed E-state index contributed by atoms with van der Waals surface area (Å²) in [6.07, 6.45) is 2.16. The third-order valence-electron chi connectivity index (χ3n) is 4.93. The Balaban J connectivity index is 1.46. The van der Waals surface area contributed by atoms with Gasteiger partial charge in [0.05, 0.1) is 24.9 Å². The van der Waals surface area contributed by atoms with Crippen molar-refractivity contribution in [2.45, 2.75) is 37.2 Å². The van der Waals surface area contributed by atoms with Crippen LogP contribution in [0.25, 0.3) is 0 Å². The predicted octanol–water partition coefficient (Wildman–Crippen LogP) is 4.18. The number of aromatic nitrogens is 3. The van der Waals surface area contributed by atoms with Crippen LogP contribution in [0.15, 0.2) is 59.8 Å². The smallest absolute Gasteiger partial charge is 0.191 e. The maximum absolute atomic E-state index is 13.1. The molecule has 1 aromatic heterocycles. The van der Waals surface area contributed by atoms with Crippen LogP contribution in [0.5, 0.6) is 0 Å². The molecule has 0 aliphatic carbocycles. The SMILES string of the molecule is O=C(CSc1nnc(CNc2ccc(F)cc2)n1CC1CCCO1)c1ccccc1. The molecule has 0 radical (unpaired) electrons. The van der Waals surface area contributed by atoms with Gasteiger partial charge in [0.1, 0.15) is 5.82 Å². The summed E-state index contributed by atoms with van der Waals surface area (Å²) in [5.74, 6) is 0.825. The van der Waals surface area contributed by atoms with E-state index >= 15 is 0 Å². The Morgan fingerprint density at radius 1 is 1.17 bits per heavy atom. The van der Waals surface area contributed by atoms with Crippen LogP contribution in [-0.4, -0.2) is 39.0 Å². The Bertz CT molecular complexity index is 973. The number of nitrogens with zero attached hydrogens (tertiary/aromatic N) is 3. The maximum Gasteiger partial charge on any atom is 0.191 e. The van der Waals surface area contributed by atoms with E-state index in [0.29, 0.717) is 29.6 Å². The van der Waals surface area contributed by atoms with Gasteiger partial charge in [-0.2, -0.15) is 0 Å². The molecule has 1 unspecified atom stereocenters. The number of carbonyl (C=O) groups is 1. The Labute approximate surface area is 178 Å². The Hall–Kier alpha value is -2.71. The molecule has 3 aromatic rings. The molecular formula is C22H23FN4O2S. The number of hydrogen-bond acceptors (Lipinski definition) is 6. The van der Waals surface area contributed by atoms with Crippen molar-refractivity contribution in [2.75, 3.05) is 17.7 Å². The van der Waals surface area contributed by atoms with E-state index < -0.39 is 0 Å². The molecule has 156 valence electrons. The summed E-state index contributed by atoms with van der Waals surface area (Å²) in [4.78, 5) is 12.5. The van der Waals surface area contributed by atoms with Gasteiger partial charge in [-0.25, -0.2) is 4.39 Å². The zero-order valence-electron chi connectivity index (χ0n) is 16.5. The molecule has 1 aliphatic heterocycles. The van der Waals surface area contributed by atoms with Crippen LogP contribution in [0.4, 0.5) is 10.1 Å². The average molecular weight is 427 g/mol. The van der Waals surface area contributed by atoms with E-state index in [2.05, 4.69) is 15.5 Å². The molecule has 0 amide bonds. The highest BCUT2D eigenvalue weighted by Gasteiger charge is 2.21. The zero-order chi connectivity index (χ0) is 20.8. The molecule has 30 heavy (non-hydrogen) atoms. The van der Waals surface area contributed by atoms with Crippen molar-refractivity contribution in [1.82, 2.24) is 14.8 Å².